The van der Waals surface area contributed by atoms with Crippen molar-refractivity contribution in [1.82, 2.24) is 5.32 Å². The highest BCUT2D eigenvalue weighted by Crippen LogP contribution is 2.26. The number of hydrogen-bond donors (Lipinski definition) is 2. The van der Waals surface area contributed by atoms with Gasteiger partial charge in [-0.05, 0) is 45.4 Å². The van der Waals surface area contributed by atoms with Gasteiger partial charge in [0.15, 0.2) is 0 Å². The minimum absolute atomic E-state index is 0.0715. The molecule has 0 aliphatic heterocycles. The summed E-state index contributed by atoms with van der Waals surface area (Å²) in [5.41, 5.74) is 8.49. The lowest BCUT2D eigenvalue weighted by molar-refractivity contribution is 0.0956. The van der Waals surface area contributed by atoms with Crippen molar-refractivity contribution in [2.24, 2.45) is 0 Å². The predicted molar refractivity (Wildman–Crippen MR) is 90.9 cm³/mol. The summed E-state index contributed by atoms with van der Waals surface area (Å²) in [4.78, 5) is 14.2. The highest BCUT2D eigenvalue weighted by atomic mass is 16.1. The Morgan fingerprint density at radius 3 is 2.52 bits per heavy atom. The minimum atomic E-state index is -0.0715. The molecule has 4 heteroatoms. The lowest BCUT2D eigenvalue weighted by atomic mass is 10.1. The van der Waals surface area contributed by atoms with Crippen LogP contribution in [0.3, 0.4) is 0 Å². The second-order valence-electron chi connectivity index (χ2n) is 5.63. The quantitative estimate of drug-likeness (QED) is 0.570. The monoisotopic (exact) mass is 291 g/mol. The maximum absolute atomic E-state index is 11.8. The molecule has 0 fully saturated rings. The number of unbranched alkanes of at least 4 members (excludes halogenated alkanes) is 2. The molecule has 0 heterocycles. The lowest BCUT2D eigenvalue weighted by Gasteiger charge is -2.30. The molecule has 0 aliphatic carbocycles. The summed E-state index contributed by atoms with van der Waals surface area (Å²) in [5, 5.41) is 2.79. The number of anilines is 2. The van der Waals surface area contributed by atoms with Crippen LogP contribution in [-0.2, 0) is 0 Å². The normalized spacial score (nSPS) is 10.7. The first-order valence-corrected chi connectivity index (χ1v) is 7.95. The molecule has 4 nitrogen and oxygen atoms in total. The van der Waals surface area contributed by atoms with Gasteiger partial charge in [0.05, 0.1) is 11.4 Å². The maximum Gasteiger partial charge on any atom is 0.251 e. The summed E-state index contributed by atoms with van der Waals surface area (Å²) in [6.45, 7) is 10.1. The van der Waals surface area contributed by atoms with Crippen molar-refractivity contribution in [2.45, 2.75) is 53.0 Å². The molecule has 1 amide bonds. The van der Waals surface area contributed by atoms with Crippen LogP contribution in [0.15, 0.2) is 18.2 Å². The van der Waals surface area contributed by atoms with Crippen molar-refractivity contribution in [3.8, 4) is 0 Å². The van der Waals surface area contributed by atoms with Crippen molar-refractivity contribution in [1.29, 1.82) is 0 Å². The Morgan fingerprint density at radius 2 is 2.00 bits per heavy atom. The standard InChI is InChI=1S/C17H29N3O/c1-5-7-8-11-20(13(3)4)16-10-9-14(12-15(16)18)17(21)19-6-2/h9-10,12-13H,5-8,11,18H2,1-4H3,(H,19,21). The lowest BCUT2D eigenvalue weighted by Crippen LogP contribution is -2.32. The van der Waals surface area contributed by atoms with Gasteiger partial charge >= 0.3 is 0 Å². The number of nitrogens with zero attached hydrogens (tertiary/aromatic N) is 1. The number of nitrogens with two attached hydrogens (primary N) is 1. The van der Waals surface area contributed by atoms with E-state index in [4.69, 9.17) is 5.73 Å². The van der Waals surface area contributed by atoms with E-state index >= 15 is 0 Å². The third kappa shape index (κ3) is 4.96. The summed E-state index contributed by atoms with van der Waals surface area (Å²) < 4.78 is 0. The Hall–Kier alpha value is -1.71. The molecule has 0 unspecified atom stereocenters. The highest BCUT2D eigenvalue weighted by Gasteiger charge is 2.15. The molecule has 1 rings (SSSR count). The van der Waals surface area contributed by atoms with Gasteiger partial charge in [-0.25, -0.2) is 0 Å². The SMILES string of the molecule is CCCCCN(c1ccc(C(=O)NCC)cc1N)C(C)C. The Labute approximate surface area is 128 Å². The first-order valence-electron chi connectivity index (χ1n) is 7.95. The number of benzene rings is 1. The van der Waals surface area contributed by atoms with Gasteiger partial charge in [-0.2, -0.15) is 0 Å². The Morgan fingerprint density at radius 1 is 1.29 bits per heavy atom. The number of rotatable bonds is 8. The average molecular weight is 291 g/mol. The van der Waals surface area contributed by atoms with Crippen molar-refractivity contribution >= 4 is 17.3 Å². The smallest absolute Gasteiger partial charge is 0.251 e. The first-order chi connectivity index (χ1) is 10.0. The van der Waals surface area contributed by atoms with Gasteiger partial charge in [0, 0.05) is 24.7 Å². The van der Waals surface area contributed by atoms with Gasteiger partial charge in [0.2, 0.25) is 0 Å². The van der Waals surface area contributed by atoms with Gasteiger partial charge in [-0.3, -0.25) is 4.79 Å². The third-order valence-corrected chi connectivity index (χ3v) is 3.56. The molecule has 0 aromatic heterocycles. The highest BCUT2D eigenvalue weighted by molar-refractivity contribution is 5.96. The van der Waals surface area contributed by atoms with Gasteiger partial charge in [0.1, 0.15) is 0 Å². The number of nitrogen functional groups attached to an aromatic ring is 1. The molecule has 1 aromatic rings. The summed E-state index contributed by atoms with van der Waals surface area (Å²) in [6.07, 6.45) is 3.59. The van der Waals surface area contributed by atoms with E-state index in [9.17, 15) is 4.79 Å². The Kier molecular flexibility index (Phi) is 7.06. The summed E-state index contributed by atoms with van der Waals surface area (Å²) in [5.74, 6) is -0.0715. The number of carbonyl (C=O) groups excluding carboxylic acids is 1. The molecule has 118 valence electrons. The van der Waals surface area contributed by atoms with Crippen LogP contribution < -0.4 is 16.0 Å². The van der Waals surface area contributed by atoms with Crippen LogP contribution in [0, 0.1) is 0 Å². The van der Waals surface area contributed by atoms with E-state index in [0.29, 0.717) is 23.8 Å². The summed E-state index contributed by atoms with van der Waals surface area (Å²) in [6, 6.07) is 5.98. The van der Waals surface area contributed by atoms with E-state index in [2.05, 4.69) is 31.0 Å². The average Bonchev–Trinajstić information content (AvgIpc) is 2.44. The molecule has 0 saturated heterocycles. The van der Waals surface area contributed by atoms with Gasteiger partial charge in [0.25, 0.3) is 5.91 Å². The molecule has 0 atom stereocenters. The fraction of sp³-hybridized carbons (Fsp3) is 0.588. The number of carbonyl (C=O) groups is 1. The van der Waals surface area contributed by atoms with Crippen molar-refractivity contribution in [2.75, 3.05) is 23.7 Å². The number of amides is 1. The molecule has 1 aromatic carbocycles. The van der Waals surface area contributed by atoms with Crippen LogP contribution in [-0.4, -0.2) is 25.0 Å². The second kappa shape index (κ2) is 8.55. The van der Waals surface area contributed by atoms with Crippen LogP contribution in [0.5, 0.6) is 0 Å². The van der Waals surface area contributed by atoms with Gasteiger partial charge in [-0.1, -0.05) is 19.8 Å². The minimum Gasteiger partial charge on any atom is -0.397 e. The molecule has 0 bridgehead atoms. The number of nitrogens with one attached hydrogen (secondary N) is 1. The molecule has 0 aliphatic rings. The molecular formula is C17H29N3O. The van der Waals surface area contributed by atoms with Gasteiger partial charge < -0.3 is 16.0 Å². The maximum atomic E-state index is 11.8. The van der Waals surface area contributed by atoms with E-state index in [1.54, 1.807) is 6.07 Å². The van der Waals surface area contributed by atoms with Crippen molar-refractivity contribution in [3.63, 3.8) is 0 Å². The Balaban J connectivity index is 2.91. The molecule has 0 saturated carbocycles. The van der Waals surface area contributed by atoms with Crippen LogP contribution >= 0.6 is 0 Å². The zero-order valence-electron chi connectivity index (χ0n) is 13.8. The summed E-state index contributed by atoms with van der Waals surface area (Å²) >= 11 is 0. The first kappa shape index (κ1) is 17.3. The van der Waals surface area contributed by atoms with E-state index in [1.807, 2.05) is 19.1 Å². The molecule has 0 radical (unpaired) electrons. The van der Waals surface area contributed by atoms with E-state index in [0.717, 1.165) is 18.7 Å². The van der Waals surface area contributed by atoms with Crippen LogP contribution in [0.1, 0.15) is 57.3 Å². The van der Waals surface area contributed by atoms with Crippen LogP contribution in [0.25, 0.3) is 0 Å². The zero-order valence-corrected chi connectivity index (χ0v) is 13.8. The van der Waals surface area contributed by atoms with E-state index < -0.39 is 0 Å². The Bertz CT molecular complexity index is 457. The zero-order chi connectivity index (χ0) is 15.8. The molecule has 0 spiro atoms. The molecule has 3 N–H and O–H groups in total. The van der Waals surface area contributed by atoms with E-state index in [1.165, 1.54) is 12.8 Å². The van der Waals surface area contributed by atoms with Crippen molar-refractivity contribution < 1.29 is 4.79 Å². The van der Waals surface area contributed by atoms with Crippen molar-refractivity contribution in [3.05, 3.63) is 23.8 Å². The fourth-order valence-corrected chi connectivity index (χ4v) is 2.41. The van der Waals surface area contributed by atoms with Gasteiger partial charge in [-0.15, -0.1) is 0 Å². The fourth-order valence-electron chi connectivity index (χ4n) is 2.41. The second-order valence-corrected chi connectivity index (χ2v) is 5.63. The van der Waals surface area contributed by atoms with Crippen LogP contribution in [0.2, 0.25) is 0 Å². The third-order valence-electron chi connectivity index (χ3n) is 3.56. The largest absolute Gasteiger partial charge is 0.397 e. The predicted octanol–water partition coefficient (Wildman–Crippen LogP) is 3.42. The molecular weight excluding hydrogens is 262 g/mol. The summed E-state index contributed by atoms with van der Waals surface area (Å²) in [7, 11) is 0. The topological polar surface area (TPSA) is 58.4 Å². The van der Waals surface area contributed by atoms with Crippen LogP contribution in [0.4, 0.5) is 11.4 Å². The molecule has 21 heavy (non-hydrogen) atoms. The number of hydrogen-bond acceptors (Lipinski definition) is 3. The van der Waals surface area contributed by atoms with E-state index in [-0.39, 0.29) is 5.91 Å².